The van der Waals surface area contributed by atoms with Crippen LogP contribution in [0.2, 0.25) is 0 Å². The van der Waals surface area contributed by atoms with E-state index in [0.717, 1.165) is 0 Å². The SMILES string of the molecule is CO[C@@]1(NC(=O)COc2ccccc2)C(=O)N2[C@@H](C(=O)O)C(C)(C)S[C@@H]21.[H-].[Na+]. The van der Waals surface area contributed by atoms with E-state index >= 15 is 0 Å². The Bertz CT molecular complexity index is 752. The minimum absolute atomic E-state index is 0. The number of carboxylic acid groups (broad SMARTS) is 1. The van der Waals surface area contributed by atoms with Crippen LogP contribution in [0.1, 0.15) is 15.3 Å². The minimum atomic E-state index is -1.58. The molecule has 2 saturated heterocycles. The normalized spacial score (nSPS) is 27.8. The molecule has 2 heterocycles. The van der Waals surface area contributed by atoms with Gasteiger partial charge in [-0.1, -0.05) is 18.2 Å². The molecular formula is C17H21N2NaO6S. The Morgan fingerprint density at radius 1 is 1.33 bits per heavy atom. The summed E-state index contributed by atoms with van der Waals surface area (Å²) in [5, 5.41) is 11.4. The second kappa shape index (κ2) is 8.00. The second-order valence-corrected chi connectivity index (χ2v) is 8.35. The van der Waals surface area contributed by atoms with E-state index in [1.54, 1.807) is 38.1 Å². The Balaban J connectivity index is 0.00000196. The number of hydrogen-bond acceptors (Lipinski definition) is 6. The number of carbonyl (C=O) groups is 3. The summed E-state index contributed by atoms with van der Waals surface area (Å²) in [5.74, 6) is -1.65. The van der Waals surface area contributed by atoms with E-state index in [2.05, 4.69) is 5.32 Å². The van der Waals surface area contributed by atoms with Crippen molar-refractivity contribution in [2.75, 3.05) is 13.7 Å². The van der Waals surface area contributed by atoms with Gasteiger partial charge in [-0.3, -0.25) is 9.59 Å². The third-order valence-corrected chi connectivity index (χ3v) is 6.11. The van der Waals surface area contributed by atoms with Gasteiger partial charge in [-0.15, -0.1) is 11.8 Å². The molecule has 2 aliphatic rings. The van der Waals surface area contributed by atoms with E-state index in [1.165, 1.54) is 23.8 Å². The van der Waals surface area contributed by atoms with Crippen LogP contribution in [0.4, 0.5) is 0 Å². The molecule has 2 N–H and O–H groups in total. The van der Waals surface area contributed by atoms with Crippen LogP contribution in [0.3, 0.4) is 0 Å². The summed E-state index contributed by atoms with van der Waals surface area (Å²) in [7, 11) is 1.31. The van der Waals surface area contributed by atoms with Gasteiger partial charge in [0.25, 0.3) is 17.5 Å². The summed E-state index contributed by atoms with van der Waals surface area (Å²) in [5.41, 5.74) is -1.58. The zero-order valence-corrected chi connectivity index (χ0v) is 18.4. The number of carboxylic acids is 1. The number of methoxy groups -OCH3 is 1. The van der Waals surface area contributed by atoms with Gasteiger partial charge in [-0.25, -0.2) is 4.79 Å². The van der Waals surface area contributed by atoms with E-state index < -0.39 is 39.7 Å². The average Bonchev–Trinajstić information content (AvgIpc) is 2.88. The molecule has 2 fully saturated rings. The molecule has 2 aliphatic heterocycles. The van der Waals surface area contributed by atoms with Crippen LogP contribution in [0.15, 0.2) is 30.3 Å². The first-order chi connectivity index (χ1) is 12.2. The van der Waals surface area contributed by atoms with Crippen LogP contribution in [-0.2, 0) is 19.1 Å². The van der Waals surface area contributed by atoms with Gasteiger partial charge < -0.3 is 26.2 Å². The van der Waals surface area contributed by atoms with E-state index in [0.29, 0.717) is 5.75 Å². The number of rotatable bonds is 6. The van der Waals surface area contributed by atoms with Crippen molar-refractivity contribution in [1.82, 2.24) is 10.2 Å². The number of nitrogens with zero attached hydrogens (tertiary/aromatic N) is 1. The van der Waals surface area contributed by atoms with Crippen molar-refractivity contribution in [2.45, 2.75) is 35.7 Å². The summed E-state index contributed by atoms with van der Waals surface area (Å²) in [6.45, 7) is 3.22. The molecule has 3 rings (SSSR count). The largest absolute Gasteiger partial charge is 1.00 e. The van der Waals surface area contributed by atoms with Crippen LogP contribution in [0.25, 0.3) is 0 Å². The van der Waals surface area contributed by atoms with Gasteiger partial charge in [0.15, 0.2) is 6.61 Å². The van der Waals surface area contributed by atoms with Crippen LogP contribution < -0.4 is 39.6 Å². The van der Waals surface area contributed by atoms with E-state index in [1.807, 2.05) is 6.07 Å². The van der Waals surface area contributed by atoms with Gasteiger partial charge >= 0.3 is 35.5 Å². The van der Waals surface area contributed by atoms with E-state index in [4.69, 9.17) is 9.47 Å². The first kappa shape index (κ1) is 22.0. The van der Waals surface area contributed by atoms with Crippen LogP contribution in [0.5, 0.6) is 5.75 Å². The fraction of sp³-hybridized carbons (Fsp3) is 0.471. The number of para-hydroxylation sites is 1. The molecule has 3 atom stereocenters. The maximum atomic E-state index is 12.7. The Labute approximate surface area is 184 Å². The Kier molecular flexibility index (Phi) is 6.53. The fourth-order valence-corrected chi connectivity index (χ4v) is 4.96. The molecule has 27 heavy (non-hydrogen) atoms. The molecule has 0 aromatic heterocycles. The van der Waals surface area contributed by atoms with Gasteiger partial charge in [0.05, 0.1) is 0 Å². The van der Waals surface area contributed by atoms with Gasteiger partial charge in [-0.05, 0) is 26.0 Å². The Hall–Kier alpha value is -1.26. The summed E-state index contributed by atoms with van der Waals surface area (Å²) in [6.07, 6.45) is 0. The van der Waals surface area contributed by atoms with Crippen molar-refractivity contribution in [3.8, 4) is 5.75 Å². The number of thioether (sulfide) groups is 1. The molecule has 2 amide bonds. The monoisotopic (exact) mass is 404 g/mol. The summed E-state index contributed by atoms with van der Waals surface area (Å²) < 4.78 is 10.0. The predicted molar refractivity (Wildman–Crippen MR) is 94.7 cm³/mol. The number of aliphatic carboxylic acids is 1. The average molecular weight is 404 g/mol. The third-order valence-electron chi connectivity index (χ3n) is 4.50. The fourth-order valence-electron chi connectivity index (χ4n) is 3.29. The molecule has 0 bridgehead atoms. The van der Waals surface area contributed by atoms with Crippen molar-refractivity contribution in [2.24, 2.45) is 0 Å². The molecule has 0 radical (unpaired) electrons. The number of hydrogen-bond donors (Lipinski definition) is 2. The van der Waals surface area contributed by atoms with Crippen LogP contribution >= 0.6 is 11.8 Å². The topological polar surface area (TPSA) is 105 Å². The van der Waals surface area contributed by atoms with E-state index in [-0.39, 0.29) is 37.6 Å². The maximum absolute atomic E-state index is 12.7. The van der Waals surface area contributed by atoms with Crippen LogP contribution in [-0.4, -0.2) is 63.4 Å². The molecule has 142 valence electrons. The molecule has 8 nitrogen and oxygen atoms in total. The third kappa shape index (κ3) is 3.71. The maximum Gasteiger partial charge on any atom is 1.00 e. The zero-order valence-electron chi connectivity index (χ0n) is 16.6. The summed E-state index contributed by atoms with van der Waals surface area (Å²) >= 11 is 1.29. The standard InChI is InChI=1S/C17H20N2O6S.Na.H/c1-16(2)12(13(21)22)19-14(23)17(24-3,15(19)26-16)18-11(20)9-25-10-7-5-4-6-8-10;;/h4-8,12,15H,9H2,1-3H3,(H,18,20)(H,21,22);;/q;+1;-1/t12-,15+,17-;;/m0../s1. The molecular weight excluding hydrogens is 383 g/mol. The molecule has 0 unspecified atom stereocenters. The first-order valence-corrected chi connectivity index (χ1v) is 8.88. The number of β-lactam (4-membered cyclic amide) rings is 1. The predicted octanol–water partition coefficient (Wildman–Crippen LogP) is -2.21. The molecule has 10 heteroatoms. The van der Waals surface area contributed by atoms with Gasteiger partial charge in [0, 0.05) is 11.9 Å². The minimum Gasteiger partial charge on any atom is -1.00 e. The van der Waals surface area contributed by atoms with Crippen molar-refractivity contribution >= 4 is 29.5 Å². The smallest absolute Gasteiger partial charge is 1.00 e. The molecule has 1 aromatic carbocycles. The first-order valence-electron chi connectivity index (χ1n) is 8.00. The number of amides is 2. The van der Waals surface area contributed by atoms with Crippen molar-refractivity contribution in [3.05, 3.63) is 30.3 Å². The number of nitrogens with one attached hydrogen (secondary N) is 1. The molecule has 1 aromatic rings. The van der Waals surface area contributed by atoms with Gasteiger partial charge in [-0.2, -0.15) is 0 Å². The number of carbonyl (C=O) groups excluding carboxylic acids is 2. The van der Waals surface area contributed by atoms with E-state index in [9.17, 15) is 19.5 Å². The molecule has 0 saturated carbocycles. The number of ether oxygens (including phenoxy) is 2. The number of fused-ring (bicyclic) bond motifs is 1. The van der Waals surface area contributed by atoms with Crippen molar-refractivity contribution in [3.63, 3.8) is 0 Å². The Morgan fingerprint density at radius 2 is 1.96 bits per heavy atom. The summed E-state index contributed by atoms with van der Waals surface area (Å²) in [4.78, 5) is 37.8. The van der Waals surface area contributed by atoms with Crippen LogP contribution in [0, 0.1) is 0 Å². The summed E-state index contributed by atoms with van der Waals surface area (Å²) in [6, 6.07) is 7.82. The van der Waals surface area contributed by atoms with Crippen molar-refractivity contribution in [1.29, 1.82) is 0 Å². The second-order valence-electron chi connectivity index (χ2n) is 6.62. The zero-order chi connectivity index (χ0) is 19.1. The number of benzene rings is 1. The van der Waals surface area contributed by atoms with Crippen molar-refractivity contribution < 1.29 is 59.9 Å². The molecule has 0 spiro atoms. The molecule has 0 aliphatic carbocycles. The van der Waals surface area contributed by atoms with Gasteiger partial charge in [0.2, 0.25) is 0 Å². The quantitative estimate of drug-likeness (QED) is 0.315. The van der Waals surface area contributed by atoms with Gasteiger partial charge in [0.1, 0.15) is 17.2 Å². The Morgan fingerprint density at radius 3 is 2.52 bits per heavy atom.